The lowest BCUT2D eigenvalue weighted by Gasteiger charge is -2.31. The monoisotopic (exact) mass is 812 g/mol. The summed E-state index contributed by atoms with van der Waals surface area (Å²) in [7, 11) is 0. The highest BCUT2D eigenvalue weighted by atomic mass is 16.4. The molecule has 0 unspecified atom stereocenters. The van der Waals surface area contributed by atoms with Crippen molar-refractivity contribution in [3.8, 4) is 0 Å². The van der Waals surface area contributed by atoms with Gasteiger partial charge in [0.1, 0.15) is 30.2 Å². The molecule has 3 rings (SSSR count). The van der Waals surface area contributed by atoms with E-state index < -0.39 is 77.7 Å². The van der Waals surface area contributed by atoms with Gasteiger partial charge in [-0.05, 0) is 63.5 Å². The second kappa shape index (κ2) is 22.3. The number of amides is 6. The molecule has 18 N–H and O–H groups in total. The second-order valence-electron chi connectivity index (χ2n) is 14.0. The van der Waals surface area contributed by atoms with Gasteiger partial charge in [0.15, 0.2) is 11.9 Å². The number of carboxylic acids is 1. The van der Waals surface area contributed by atoms with Gasteiger partial charge in [0, 0.05) is 49.6 Å². The predicted molar refractivity (Wildman–Crippen MR) is 214 cm³/mol. The molecule has 22 heteroatoms. The van der Waals surface area contributed by atoms with Gasteiger partial charge in [-0.15, -0.1) is 0 Å². The maximum absolute atomic E-state index is 14.2. The van der Waals surface area contributed by atoms with Gasteiger partial charge in [-0.1, -0.05) is 18.2 Å². The standard InChI is InChI=1S/C36H56N14O8/c1-19(37)29(52)46-24(12-13-28(38)51)31(54)48-25(10-5-15-44-36(41)42)33(56)50-16-6-11-27(50)32(55)47-23(9-4-14-43-35(39)40)30(53)49-26(34(57)58)17-20-18-45-22-8-3-2-7-21(20)22/h2-3,7-8,18-19,23-27,45H,4-6,9-17,37H2,1H3,(H2,38,51)(H,46,52)(H,47,55)(H,48,54)(H,49,53)(H,57,58)(H4,39,40,43)(H4,41,42,44)/t19-,23-,24-,25-,26-,27-/m0/s1. The summed E-state index contributed by atoms with van der Waals surface area (Å²) in [5, 5.41) is 21.2. The van der Waals surface area contributed by atoms with Gasteiger partial charge in [0.25, 0.3) is 0 Å². The van der Waals surface area contributed by atoms with E-state index in [-0.39, 0.29) is 82.9 Å². The van der Waals surface area contributed by atoms with Crippen LogP contribution in [0.3, 0.4) is 0 Å². The van der Waals surface area contributed by atoms with Crippen molar-refractivity contribution in [1.82, 2.24) is 31.2 Å². The van der Waals surface area contributed by atoms with Gasteiger partial charge < -0.3 is 70.7 Å². The molecular weight excluding hydrogens is 756 g/mol. The molecule has 0 radical (unpaired) electrons. The van der Waals surface area contributed by atoms with Crippen LogP contribution in [-0.4, -0.2) is 124 Å². The van der Waals surface area contributed by atoms with Crippen LogP contribution in [-0.2, 0) is 40.0 Å². The van der Waals surface area contributed by atoms with Crippen molar-refractivity contribution >= 4 is 64.2 Å². The summed E-state index contributed by atoms with van der Waals surface area (Å²) in [6.07, 6.45) is 2.25. The number of hydrogen-bond donors (Lipinski definition) is 12. The number of H-pyrrole nitrogens is 1. The van der Waals surface area contributed by atoms with Gasteiger partial charge in [0.2, 0.25) is 35.4 Å². The highest BCUT2D eigenvalue weighted by Crippen LogP contribution is 2.22. The summed E-state index contributed by atoms with van der Waals surface area (Å²) in [5.74, 6) is -5.95. The number of nitrogens with zero attached hydrogens (tertiary/aromatic N) is 3. The molecule has 0 aliphatic carbocycles. The zero-order chi connectivity index (χ0) is 42.9. The molecule has 1 saturated heterocycles. The minimum Gasteiger partial charge on any atom is -0.480 e. The SMILES string of the molecule is C[C@H](N)C(=O)N[C@@H](CCC(N)=O)C(=O)N[C@@H](CCCN=C(N)N)C(=O)N1CCC[C@H]1C(=O)N[C@@H](CCCN=C(N)N)C(=O)N[C@@H](Cc1c[nH]c2ccccc12)C(=O)O. The van der Waals surface area contributed by atoms with Crippen molar-refractivity contribution in [2.75, 3.05) is 19.6 Å². The lowest BCUT2D eigenvalue weighted by Crippen LogP contribution is -2.59. The highest BCUT2D eigenvalue weighted by molar-refractivity contribution is 5.97. The van der Waals surface area contributed by atoms with Gasteiger partial charge in [0.05, 0.1) is 6.04 Å². The predicted octanol–water partition coefficient (Wildman–Crippen LogP) is -3.55. The minimum absolute atomic E-state index is 0.0117. The van der Waals surface area contributed by atoms with Gasteiger partial charge in [-0.25, -0.2) is 4.79 Å². The largest absolute Gasteiger partial charge is 0.480 e. The Morgan fingerprint density at radius 1 is 0.810 bits per heavy atom. The van der Waals surface area contributed by atoms with E-state index >= 15 is 0 Å². The van der Waals surface area contributed by atoms with Crippen molar-refractivity contribution in [2.24, 2.45) is 44.4 Å². The molecule has 2 aromatic rings. The summed E-state index contributed by atoms with van der Waals surface area (Å²) in [6.45, 7) is 1.74. The maximum atomic E-state index is 14.2. The lowest BCUT2D eigenvalue weighted by molar-refractivity contribution is -0.143. The number of carbonyl (C=O) groups excluding carboxylic acids is 6. The van der Waals surface area contributed by atoms with Crippen molar-refractivity contribution in [3.05, 3.63) is 36.0 Å². The summed E-state index contributed by atoms with van der Waals surface area (Å²) in [4.78, 5) is 104. The fourth-order valence-electron chi connectivity index (χ4n) is 6.43. The first-order chi connectivity index (χ1) is 27.5. The van der Waals surface area contributed by atoms with E-state index in [9.17, 15) is 38.7 Å². The van der Waals surface area contributed by atoms with Crippen molar-refractivity contribution in [1.29, 1.82) is 0 Å². The quantitative estimate of drug-likeness (QED) is 0.0294. The normalized spacial score (nSPS) is 16.2. The lowest BCUT2D eigenvalue weighted by atomic mass is 10.0. The number of primary amides is 1. The van der Waals surface area contributed by atoms with Gasteiger partial charge in [-0.2, -0.15) is 0 Å². The van der Waals surface area contributed by atoms with E-state index in [1.807, 2.05) is 24.3 Å². The Bertz CT molecular complexity index is 1840. The third kappa shape index (κ3) is 14.2. The molecule has 318 valence electrons. The van der Waals surface area contributed by atoms with Crippen LogP contribution in [0.4, 0.5) is 0 Å². The average Bonchev–Trinajstić information content (AvgIpc) is 3.82. The Morgan fingerprint density at radius 3 is 1.97 bits per heavy atom. The number of rotatable bonds is 23. The number of fused-ring (bicyclic) bond motifs is 1. The van der Waals surface area contributed by atoms with E-state index in [1.54, 1.807) is 6.20 Å². The van der Waals surface area contributed by atoms with Gasteiger partial charge in [-0.3, -0.25) is 38.8 Å². The van der Waals surface area contributed by atoms with Crippen LogP contribution in [0.1, 0.15) is 63.9 Å². The zero-order valence-electron chi connectivity index (χ0n) is 32.4. The summed E-state index contributed by atoms with van der Waals surface area (Å²) in [6, 6.07) is 0.100. The van der Waals surface area contributed by atoms with Crippen molar-refractivity contribution < 1.29 is 38.7 Å². The number of aliphatic imine (C=N–C) groups is 2. The van der Waals surface area contributed by atoms with Crippen LogP contribution in [0.5, 0.6) is 0 Å². The number of aromatic nitrogens is 1. The number of likely N-dealkylation sites (tertiary alicyclic amines) is 1. The molecule has 2 heterocycles. The number of aromatic amines is 1. The fourth-order valence-corrected chi connectivity index (χ4v) is 6.43. The summed E-state index contributed by atoms with van der Waals surface area (Å²) in [5.41, 5.74) is 34.2. The number of benzene rings is 1. The molecule has 22 nitrogen and oxygen atoms in total. The summed E-state index contributed by atoms with van der Waals surface area (Å²) < 4.78 is 0. The van der Waals surface area contributed by atoms with Crippen LogP contribution in [0.25, 0.3) is 10.9 Å². The Kier molecular flexibility index (Phi) is 17.7. The van der Waals surface area contributed by atoms with Crippen LogP contribution < -0.4 is 55.7 Å². The zero-order valence-corrected chi connectivity index (χ0v) is 32.4. The fraction of sp³-hybridized carbons (Fsp3) is 0.528. The molecule has 1 aromatic heterocycles. The van der Waals surface area contributed by atoms with E-state index in [2.05, 4.69) is 36.2 Å². The number of nitrogens with two attached hydrogens (primary N) is 6. The molecule has 1 aliphatic rings. The number of nitrogens with one attached hydrogen (secondary N) is 5. The second-order valence-corrected chi connectivity index (χ2v) is 14.0. The Hall–Kier alpha value is -6.45. The molecule has 0 spiro atoms. The van der Waals surface area contributed by atoms with Crippen LogP contribution in [0, 0.1) is 0 Å². The molecule has 1 aliphatic heterocycles. The highest BCUT2D eigenvalue weighted by Gasteiger charge is 2.40. The van der Waals surface area contributed by atoms with E-state index in [1.165, 1.54) is 11.8 Å². The van der Waals surface area contributed by atoms with E-state index in [4.69, 9.17) is 34.4 Å². The molecule has 6 amide bonds. The van der Waals surface area contributed by atoms with Crippen molar-refractivity contribution in [3.63, 3.8) is 0 Å². The Morgan fingerprint density at radius 2 is 1.38 bits per heavy atom. The third-order valence-electron chi connectivity index (χ3n) is 9.42. The van der Waals surface area contributed by atoms with Crippen LogP contribution in [0.15, 0.2) is 40.4 Å². The molecule has 1 aromatic carbocycles. The molecule has 58 heavy (non-hydrogen) atoms. The first-order valence-electron chi connectivity index (χ1n) is 18.9. The summed E-state index contributed by atoms with van der Waals surface area (Å²) >= 11 is 0. The molecule has 0 saturated carbocycles. The third-order valence-corrected chi connectivity index (χ3v) is 9.42. The number of carboxylic acid groups (broad SMARTS) is 1. The molecule has 6 atom stereocenters. The molecular formula is C36H56N14O8. The Balaban J connectivity index is 1.83. The average molecular weight is 813 g/mol. The van der Waals surface area contributed by atoms with Crippen molar-refractivity contribution in [2.45, 2.75) is 101 Å². The number of hydrogen-bond acceptors (Lipinski definition) is 10. The number of aliphatic carboxylic acids is 1. The topological polar surface area (TPSA) is 388 Å². The maximum Gasteiger partial charge on any atom is 0.326 e. The first-order valence-corrected chi connectivity index (χ1v) is 18.9. The molecule has 0 bridgehead atoms. The number of carbonyl (C=O) groups is 7. The molecule has 1 fully saturated rings. The number of para-hydroxylation sites is 1. The van der Waals surface area contributed by atoms with Crippen LogP contribution in [0.2, 0.25) is 0 Å². The minimum atomic E-state index is -1.36. The smallest absolute Gasteiger partial charge is 0.326 e. The Labute approximate surface area is 334 Å². The van der Waals surface area contributed by atoms with Gasteiger partial charge >= 0.3 is 5.97 Å². The van der Waals surface area contributed by atoms with E-state index in [0.717, 1.165) is 10.9 Å². The van der Waals surface area contributed by atoms with E-state index in [0.29, 0.717) is 12.0 Å². The first kappa shape index (κ1) is 45.9. The van der Waals surface area contributed by atoms with Crippen LogP contribution >= 0.6 is 0 Å². The number of guanidine groups is 2.